The summed E-state index contributed by atoms with van der Waals surface area (Å²) in [4.78, 5) is 0. The van der Waals surface area contributed by atoms with Crippen LogP contribution < -0.4 is 5.73 Å². The van der Waals surface area contributed by atoms with Crippen LogP contribution in [0.2, 0.25) is 0 Å². The molecule has 4 nitrogen and oxygen atoms in total. The molecule has 1 aliphatic carbocycles. The van der Waals surface area contributed by atoms with E-state index in [9.17, 15) is 8.42 Å². The van der Waals surface area contributed by atoms with E-state index in [-0.39, 0.29) is 0 Å². The van der Waals surface area contributed by atoms with Gasteiger partial charge in [-0.2, -0.15) is 4.31 Å². The van der Waals surface area contributed by atoms with Gasteiger partial charge in [-0.05, 0) is 32.1 Å². The van der Waals surface area contributed by atoms with Gasteiger partial charge < -0.3 is 5.73 Å². The molecule has 0 amide bonds. The van der Waals surface area contributed by atoms with Gasteiger partial charge in [0.1, 0.15) is 0 Å². The monoisotopic (exact) mass is 276 g/mol. The highest BCUT2D eigenvalue weighted by molar-refractivity contribution is 7.89. The molecule has 2 N–H and O–H groups in total. The highest BCUT2D eigenvalue weighted by atomic mass is 32.2. The van der Waals surface area contributed by atoms with Gasteiger partial charge in [-0.25, -0.2) is 8.42 Å². The second-order valence-corrected chi connectivity index (χ2v) is 7.85. The maximum atomic E-state index is 12.4. The van der Waals surface area contributed by atoms with E-state index in [1.54, 1.807) is 7.05 Å². The lowest BCUT2D eigenvalue weighted by atomic mass is 9.91. The molecule has 1 unspecified atom stereocenters. The van der Waals surface area contributed by atoms with Crippen LogP contribution in [0.4, 0.5) is 0 Å². The molecule has 0 aliphatic heterocycles. The number of nitrogens with two attached hydrogens (primary N) is 1. The summed E-state index contributed by atoms with van der Waals surface area (Å²) in [6.45, 7) is 4.27. The van der Waals surface area contributed by atoms with Crippen LogP contribution >= 0.6 is 0 Å². The lowest BCUT2D eigenvalue weighted by molar-refractivity contribution is 0.237. The molecule has 1 aliphatic rings. The third-order valence-electron chi connectivity index (χ3n) is 4.55. The van der Waals surface area contributed by atoms with Crippen LogP contribution in [0.3, 0.4) is 0 Å². The fourth-order valence-corrected chi connectivity index (χ4v) is 4.62. The fraction of sp³-hybridized carbons (Fsp3) is 1.00. The molecular formula is C13H28N2O2S. The Labute approximate surface area is 112 Å². The van der Waals surface area contributed by atoms with Gasteiger partial charge in [-0.3, -0.25) is 0 Å². The van der Waals surface area contributed by atoms with Gasteiger partial charge >= 0.3 is 0 Å². The van der Waals surface area contributed by atoms with Crippen LogP contribution in [0, 0.1) is 5.92 Å². The minimum absolute atomic E-state index is 0.291. The van der Waals surface area contributed by atoms with E-state index in [4.69, 9.17) is 5.73 Å². The molecule has 0 aromatic heterocycles. The number of rotatable bonds is 6. The van der Waals surface area contributed by atoms with Crippen LogP contribution in [-0.2, 0) is 10.0 Å². The smallest absolute Gasteiger partial charge is 0.214 e. The van der Waals surface area contributed by atoms with Crippen molar-refractivity contribution in [3.8, 4) is 0 Å². The Kier molecular flexibility index (Phi) is 5.62. The van der Waals surface area contributed by atoms with E-state index in [1.807, 2.05) is 13.8 Å². The zero-order chi connectivity index (χ0) is 13.8. The first kappa shape index (κ1) is 15.9. The topological polar surface area (TPSA) is 63.4 Å². The second kappa shape index (κ2) is 6.35. The Bertz CT molecular complexity index is 344. The molecule has 0 aromatic carbocycles. The third kappa shape index (κ3) is 3.68. The zero-order valence-electron chi connectivity index (χ0n) is 12.0. The van der Waals surface area contributed by atoms with Crippen LogP contribution in [-0.4, -0.2) is 37.6 Å². The Morgan fingerprint density at radius 1 is 1.28 bits per heavy atom. The molecule has 18 heavy (non-hydrogen) atoms. The van der Waals surface area contributed by atoms with E-state index in [1.165, 1.54) is 23.6 Å². The standard InChI is InChI=1S/C13H28N2O2S/c1-4-13(2,11-14)15(3)18(16,17)10-12-8-6-5-7-9-12/h12H,4-11,14H2,1-3H3. The Morgan fingerprint density at radius 3 is 2.28 bits per heavy atom. The molecule has 0 saturated heterocycles. The number of likely N-dealkylation sites (N-methyl/N-ethyl adjacent to an activating group) is 1. The molecule has 1 rings (SSSR count). The summed E-state index contributed by atoms with van der Waals surface area (Å²) >= 11 is 0. The zero-order valence-corrected chi connectivity index (χ0v) is 12.8. The summed E-state index contributed by atoms with van der Waals surface area (Å²) in [5, 5.41) is 0. The summed E-state index contributed by atoms with van der Waals surface area (Å²) in [6.07, 6.45) is 6.44. The maximum absolute atomic E-state index is 12.4. The van der Waals surface area contributed by atoms with Gasteiger partial charge in [0.15, 0.2) is 0 Å². The Morgan fingerprint density at radius 2 is 1.83 bits per heavy atom. The van der Waals surface area contributed by atoms with Gasteiger partial charge in [0.25, 0.3) is 0 Å². The van der Waals surface area contributed by atoms with Gasteiger partial charge in [-0.1, -0.05) is 26.2 Å². The first-order valence-corrected chi connectivity index (χ1v) is 8.63. The molecule has 0 heterocycles. The van der Waals surface area contributed by atoms with Crippen molar-refractivity contribution in [2.75, 3.05) is 19.3 Å². The highest BCUT2D eigenvalue weighted by Crippen LogP contribution is 2.28. The van der Waals surface area contributed by atoms with Crippen LogP contribution in [0.15, 0.2) is 0 Å². The van der Waals surface area contributed by atoms with Crippen molar-refractivity contribution < 1.29 is 8.42 Å². The van der Waals surface area contributed by atoms with Crippen LogP contribution in [0.1, 0.15) is 52.4 Å². The van der Waals surface area contributed by atoms with Crippen molar-refractivity contribution in [2.24, 2.45) is 11.7 Å². The van der Waals surface area contributed by atoms with E-state index in [2.05, 4.69) is 0 Å². The van der Waals surface area contributed by atoms with Crippen molar-refractivity contribution in [1.82, 2.24) is 4.31 Å². The number of nitrogens with zero attached hydrogens (tertiary/aromatic N) is 1. The van der Waals surface area contributed by atoms with Crippen molar-refractivity contribution >= 4 is 10.0 Å². The first-order chi connectivity index (χ1) is 8.35. The van der Waals surface area contributed by atoms with E-state index >= 15 is 0 Å². The van der Waals surface area contributed by atoms with Crippen LogP contribution in [0.25, 0.3) is 0 Å². The predicted molar refractivity (Wildman–Crippen MR) is 75.9 cm³/mol. The maximum Gasteiger partial charge on any atom is 0.214 e. The summed E-state index contributed by atoms with van der Waals surface area (Å²) in [5.41, 5.74) is 5.29. The van der Waals surface area contributed by atoms with Gasteiger partial charge in [0.2, 0.25) is 10.0 Å². The van der Waals surface area contributed by atoms with E-state index in [0.29, 0.717) is 18.2 Å². The van der Waals surface area contributed by atoms with Gasteiger partial charge in [0.05, 0.1) is 5.75 Å². The number of sulfonamides is 1. The van der Waals surface area contributed by atoms with E-state index in [0.717, 1.165) is 19.3 Å². The SMILES string of the molecule is CCC(C)(CN)N(C)S(=O)(=O)CC1CCCCC1. The van der Waals surface area contributed by atoms with Gasteiger partial charge in [-0.15, -0.1) is 0 Å². The molecule has 0 bridgehead atoms. The minimum atomic E-state index is -3.19. The number of hydrogen-bond donors (Lipinski definition) is 1. The molecule has 0 aromatic rings. The molecule has 1 fully saturated rings. The van der Waals surface area contributed by atoms with Crippen molar-refractivity contribution in [3.63, 3.8) is 0 Å². The molecule has 1 saturated carbocycles. The minimum Gasteiger partial charge on any atom is -0.329 e. The lowest BCUT2D eigenvalue weighted by Gasteiger charge is -2.37. The Hall–Kier alpha value is -0.130. The van der Waals surface area contributed by atoms with Crippen molar-refractivity contribution in [2.45, 2.75) is 57.9 Å². The van der Waals surface area contributed by atoms with E-state index < -0.39 is 15.6 Å². The normalized spacial score (nSPS) is 22.1. The average molecular weight is 276 g/mol. The number of hydrogen-bond acceptors (Lipinski definition) is 3. The average Bonchev–Trinajstić information content (AvgIpc) is 2.37. The molecule has 0 radical (unpaired) electrons. The Balaban J connectivity index is 2.72. The summed E-state index contributed by atoms with van der Waals surface area (Å²) in [5.74, 6) is 0.629. The lowest BCUT2D eigenvalue weighted by Crippen LogP contribution is -2.52. The first-order valence-electron chi connectivity index (χ1n) is 7.02. The largest absolute Gasteiger partial charge is 0.329 e. The fourth-order valence-electron chi connectivity index (χ4n) is 2.59. The summed E-state index contributed by atoms with van der Waals surface area (Å²) in [7, 11) is -1.51. The third-order valence-corrected chi connectivity index (χ3v) is 6.72. The summed E-state index contributed by atoms with van der Waals surface area (Å²) < 4.78 is 26.4. The summed E-state index contributed by atoms with van der Waals surface area (Å²) in [6, 6.07) is 0. The van der Waals surface area contributed by atoms with Gasteiger partial charge in [0, 0.05) is 19.1 Å². The predicted octanol–water partition coefficient (Wildman–Crippen LogP) is 1.96. The quantitative estimate of drug-likeness (QED) is 0.806. The van der Waals surface area contributed by atoms with Crippen molar-refractivity contribution in [1.29, 1.82) is 0 Å². The highest BCUT2D eigenvalue weighted by Gasteiger charge is 2.35. The molecule has 108 valence electrons. The van der Waals surface area contributed by atoms with Crippen LogP contribution in [0.5, 0.6) is 0 Å². The molecule has 0 spiro atoms. The molecular weight excluding hydrogens is 248 g/mol. The second-order valence-electron chi connectivity index (χ2n) is 5.80. The molecule has 5 heteroatoms. The molecule has 1 atom stereocenters. The van der Waals surface area contributed by atoms with Crippen molar-refractivity contribution in [3.05, 3.63) is 0 Å².